The van der Waals surface area contributed by atoms with Gasteiger partial charge >= 0.3 is 0 Å². The summed E-state index contributed by atoms with van der Waals surface area (Å²) in [6, 6.07) is 1.96. The Morgan fingerprint density at radius 3 is 2.29 bits per heavy atom. The average Bonchev–Trinajstić information content (AvgIpc) is 2.63. The Bertz CT molecular complexity index is 416. The summed E-state index contributed by atoms with van der Waals surface area (Å²) >= 11 is 5.64. The lowest BCUT2D eigenvalue weighted by Gasteiger charge is -2.32. The van der Waals surface area contributed by atoms with Gasteiger partial charge in [0.1, 0.15) is 0 Å². The van der Waals surface area contributed by atoms with Gasteiger partial charge < -0.3 is 4.57 Å². The first-order chi connectivity index (χ1) is 7.91. The summed E-state index contributed by atoms with van der Waals surface area (Å²) in [6.07, 6.45) is 2.10. The maximum atomic E-state index is 11.8. The van der Waals surface area contributed by atoms with E-state index in [0.29, 0.717) is 0 Å². The van der Waals surface area contributed by atoms with Gasteiger partial charge in [-0.15, -0.1) is 11.6 Å². The number of aryl methyl sites for hydroxylation is 1. The molecule has 0 saturated heterocycles. The van der Waals surface area contributed by atoms with E-state index in [1.807, 2.05) is 13.0 Å². The van der Waals surface area contributed by atoms with Crippen LogP contribution in [0, 0.1) is 13.8 Å². The van der Waals surface area contributed by atoms with E-state index in [1.54, 1.807) is 0 Å². The number of alkyl halides is 1. The van der Waals surface area contributed by atoms with Crippen molar-refractivity contribution >= 4 is 17.4 Å². The molecule has 0 atom stereocenters. The molecular weight excluding hydrogens is 234 g/mol. The van der Waals surface area contributed by atoms with Crippen molar-refractivity contribution in [3.63, 3.8) is 0 Å². The smallest absolute Gasteiger partial charge is 0.179 e. The van der Waals surface area contributed by atoms with Gasteiger partial charge in [0.25, 0.3) is 0 Å². The molecule has 0 fully saturated rings. The second kappa shape index (κ2) is 5.26. The average molecular weight is 256 g/mol. The van der Waals surface area contributed by atoms with Gasteiger partial charge in [-0.3, -0.25) is 4.79 Å². The number of Topliss-reactive ketones (excluding diaryl/α,β-unsaturated/α-hetero) is 1. The first-order valence-electron chi connectivity index (χ1n) is 6.19. The largest absolute Gasteiger partial charge is 0.343 e. The summed E-state index contributed by atoms with van der Waals surface area (Å²) in [6.45, 7) is 10.7. The van der Waals surface area contributed by atoms with Gasteiger partial charge in [-0.2, -0.15) is 0 Å². The van der Waals surface area contributed by atoms with Crippen LogP contribution in [0.3, 0.4) is 0 Å². The van der Waals surface area contributed by atoms with Gasteiger partial charge in [-0.05, 0) is 39.7 Å². The summed E-state index contributed by atoms with van der Waals surface area (Å²) in [5, 5.41) is 0. The number of ketones is 1. The Balaban J connectivity index is 3.36. The highest BCUT2D eigenvalue weighted by atomic mass is 35.5. The zero-order valence-electron chi connectivity index (χ0n) is 11.4. The number of hydrogen-bond donors (Lipinski definition) is 0. The molecule has 0 aromatic carbocycles. The highest BCUT2D eigenvalue weighted by Crippen LogP contribution is 2.30. The highest BCUT2D eigenvalue weighted by molar-refractivity contribution is 6.30. The number of carbonyl (C=O) groups is 1. The van der Waals surface area contributed by atoms with Crippen molar-refractivity contribution in [1.82, 2.24) is 4.57 Å². The molecular formula is C14H22ClNO. The molecule has 96 valence electrons. The molecule has 0 bridgehead atoms. The minimum atomic E-state index is 0.0144. The van der Waals surface area contributed by atoms with Crippen molar-refractivity contribution in [1.29, 1.82) is 0 Å². The molecule has 0 aliphatic rings. The fraction of sp³-hybridized carbons (Fsp3) is 0.643. The van der Waals surface area contributed by atoms with Crippen LogP contribution in [0.5, 0.6) is 0 Å². The van der Waals surface area contributed by atoms with Gasteiger partial charge in [-0.25, -0.2) is 0 Å². The Labute approximate surface area is 109 Å². The topological polar surface area (TPSA) is 22.0 Å². The first-order valence-corrected chi connectivity index (χ1v) is 6.73. The normalized spacial score (nSPS) is 11.9. The minimum Gasteiger partial charge on any atom is -0.343 e. The lowest BCUT2D eigenvalue weighted by molar-refractivity contribution is 0.102. The van der Waals surface area contributed by atoms with Crippen molar-refractivity contribution in [3.8, 4) is 0 Å². The predicted molar refractivity (Wildman–Crippen MR) is 73.2 cm³/mol. The Hall–Kier alpha value is -0.760. The van der Waals surface area contributed by atoms with Gasteiger partial charge in [0.05, 0.1) is 5.88 Å². The maximum absolute atomic E-state index is 11.8. The van der Waals surface area contributed by atoms with E-state index >= 15 is 0 Å². The van der Waals surface area contributed by atoms with Gasteiger partial charge in [0.2, 0.25) is 0 Å². The van der Waals surface area contributed by atoms with E-state index in [9.17, 15) is 4.79 Å². The molecule has 0 radical (unpaired) electrons. The van der Waals surface area contributed by atoms with Crippen molar-refractivity contribution in [2.24, 2.45) is 0 Å². The van der Waals surface area contributed by atoms with Crippen LogP contribution in [-0.2, 0) is 5.54 Å². The molecule has 0 aliphatic heterocycles. The van der Waals surface area contributed by atoms with Crippen LogP contribution in [-0.4, -0.2) is 16.2 Å². The SMILES string of the molecule is CCC(C)(CC)n1c(C)cc(C(=O)CCl)c1C. The van der Waals surface area contributed by atoms with Gasteiger partial charge in [0.15, 0.2) is 5.78 Å². The van der Waals surface area contributed by atoms with E-state index in [-0.39, 0.29) is 17.2 Å². The summed E-state index contributed by atoms with van der Waals surface area (Å²) in [5.74, 6) is 0.0692. The third kappa shape index (κ3) is 2.42. The number of halogens is 1. The van der Waals surface area contributed by atoms with Crippen molar-refractivity contribution in [2.45, 2.75) is 53.0 Å². The summed E-state index contributed by atoms with van der Waals surface area (Å²) in [5.41, 5.74) is 3.03. The number of carbonyl (C=O) groups excluding carboxylic acids is 1. The van der Waals surface area contributed by atoms with E-state index in [0.717, 1.165) is 29.8 Å². The fourth-order valence-corrected chi connectivity index (χ4v) is 2.66. The molecule has 0 N–H and O–H groups in total. The van der Waals surface area contributed by atoms with Gasteiger partial charge in [-0.1, -0.05) is 13.8 Å². The lowest BCUT2D eigenvalue weighted by Crippen LogP contribution is -2.30. The minimum absolute atomic E-state index is 0.0144. The molecule has 2 nitrogen and oxygen atoms in total. The monoisotopic (exact) mass is 255 g/mol. The van der Waals surface area contributed by atoms with E-state index in [2.05, 4.69) is 32.3 Å². The zero-order chi connectivity index (χ0) is 13.2. The molecule has 0 spiro atoms. The van der Waals surface area contributed by atoms with Gasteiger partial charge in [0, 0.05) is 22.5 Å². The Kier molecular flexibility index (Phi) is 4.42. The van der Waals surface area contributed by atoms with Crippen molar-refractivity contribution in [3.05, 3.63) is 23.0 Å². The molecule has 0 saturated carbocycles. The maximum Gasteiger partial charge on any atom is 0.179 e. The molecule has 0 amide bonds. The van der Waals surface area contributed by atoms with Crippen LogP contribution in [0.4, 0.5) is 0 Å². The predicted octanol–water partition coefficient (Wildman–Crippen LogP) is 4.06. The molecule has 1 heterocycles. The summed E-state index contributed by atoms with van der Waals surface area (Å²) < 4.78 is 2.28. The van der Waals surface area contributed by atoms with Crippen LogP contribution in [0.25, 0.3) is 0 Å². The Morgan fingerprint density at radius 1 is 1.35 bits per heavy atom. The van der Waals surface area contributed by atoms with Crippen LogP contribution >= 0.6 is 11.6 Å². The molecule has 0 aliphatic carbocycles. The lowest BCUT2D eigenvalue weighted by atomic mass is 9.94. The molecule has 17 heavy (non-hydrogen) atoms. The van der Waals surface area contributed by atoms with Crippen LogP contribution < -0.4 is 0 Å². The molecule has 1 rings (SSSR count). The third-order valence-electron chi connectivity index (χ3n) is 3.92. The number of aromatic nitrogens is 1. The number of rotatable bonds is 5. The van der Waals surface area contributed by atoms with Crippen LogP contribution in [0.1, 0.15) is 55.4 Å². The van der Waals surface area contributed by atoms with E-state index in [4.69, 9.17) is 11.6 Å². The summed E-state index contributed by atoms with van der Waals surface area (Å²) in [7, 11) is 0. The second-order valence-electron chi connectivity index (χ2n) is 4.88. The molecule has 1 aromatic heterocycles. The highest BCUT2D eigenvalue weighted by Gasteiger charge is 2.27. The number of nitrogens with zero attached hydrogens (tertiary/aromatic N) is 1. The molecule has 1 aromatic rings. The van der Waals surface area contributed by atoms with Crippen molar-refractivity contribution in [2.75, 3.05) is 5.88 Å². The first kappa shape index (κ1) is 14.3. The van der Waals surface area contributed by atoms with Crippen LogP contribution in [0.15, 0.2) is 6.07 Å². The molecule has 3 heteroatoms. The Morgan fingerprint density at radius 2 is 1.88 bits per heavy atom. The summed E-state index contributed by atoms with van der Waals surface area (Å²) in [4.78, 5) is 11.8. The number of hydrogen-bond acceptors (Lipinski definition) is 1. The van der Waals surface area contributed by atoms with Crippen LogP contribution in [0.2, 0.25) is 0 Å². The molecule has 0 unspecified atom stereocenters. The standard InChI is InChI=1S/C14H22ClNO/c1-6-14(5,7-2)16-10(3)8-12(11(16)4)13(17)9-15/h8H,6-7,9H2,1-5H3. The van der Waals surface area contributed by atoms with E-state index in [1.165, 1.54) is 0 Å². The zero-order valence-corrected chi connectivity index (χ0v) is 12.2. The fourth-order valence-electron chi connectivity index (χ4n) is 2.51. The second-order valence-corrected chi connectivity index (χ2v) is 5.15. The third-order valence-corrected chi connectivity index (χ3v) is 4.16. The quantitative estimate of drug-likeness (QED) is 0.574. The van der Waals surface area contributed by atoms with Crippen molar-refractivity contribution < 1.29 is 4.79 Å². The van der Waals surface area contributed by atoms with E-state index < -0.39 is 0 Å².